The highest BCUT2D eigenvalue weighted by atomic mass is 16.7. The minimum Gasteiger partial charge on any atom is -0.394 e. The van der Waals surface area contributed by atoms with Crippen LogP contribution in [0.15, 0.2) is 91.0 Å². The Morgan fingerprint density at radius 2 is 1.15 bits per heavy atom. The predicted octanol–water partition coefficient (Wildman–Crippen LogP) is 2.02. The molecule has 0 bridgehead atoms. The summed E-state index contributed by atoms with van der Waals surface area (Å²) in [5.74, 6) is 0. The van der Waals surface area contributed by atoms with Gasteiger partial charge in [0, 0.05) is 16.7 Å². The molecule has 2 aliphatic heterocycles. The zero-order valence-electron chi connectivity index (χ0n) is 22.1. The Balaban J connectivity index is 0.000000196. The van der Waals surface area contributed by atoms with Crippen LogP contribution < -0.4 is 0 Å². The van der Waals surface area contributed by atoms with Crippen molar-refractivity contribution in [1.82, 2.24) is 0 Å². The second-order valence-corrected chi connectivity index (χ2v) is 8.63. The molecule has 3 aromatic carbocycles. The highest BCUT2D eigenvalue weighted by Gasteiger charge is 2.26. The third-order valence-electron chi connectivity index (χ3n) is 5.33. The van der Waals surface area contributed by atoms with E-state index in [1.165, 1.54) is 0 Å². The van der Waals surface area contributed by atoms with E-state index in [1.54, 1.807) is 12.1 Å². The monoisotopic (exact) mass is 558 g/mol. The van der Waals surface area contributed by atoms with Crippen molar-refractivity contribution in [3.05, 3.63) is 108 Å². The topological polar surface area (TPSA) is 155 Å². The number of carbonyl (C=O) groups is 1. The second-order valence-electron chi connectivity index (χ2n) is 8.63. The smallest absolute Gasteiger partial charge is 0.184 e. The Labute approximate surface area is 234 Å². The summed E-state index contributed by atoms with van der Waals surface area (Å²) in [6, 6.07) is 28.5. The van der Waals surface area contributed by atoms with Crippen molar-refractivity contribution >= 4 is 6.29 Å². The predicted molar refractivity (Wildman–Crippen MR) is 146 cm³/mol. The van der Waals surface area contributed by atoms with Gasteiger partial charge in [0.15, 0.2) is 12.6 Å². The minimum absolute atomic E-state index is 0.0172. The van der Waals surface area contributed by atoms with Crippen molar-refractivity contribution in [2.24, 2.45) is 0 Å². The summed E-state index contributed by atoms with van der Waals surface area (Å²) in [4.78, 5) is 10.0. The van der Waals surface area contributed by atoms with Crippen LogP contribution in [-0.2, 0) is 18.9 Å². The number of hydrogen-bond donors (Lipinski definition) is 5. The molecule has 40 heavy (non-hydrogen) atoms. The van der Waals surface area contributed by atoms with Crippen LogP contribution in [0.1, 0.15) is 34.1 Å². The van der Waals surface area contributed by atoms with E-state index >= 15 is 0 Å². The number of aliphatic hydroxyl groups is 5. The minimum atomic E-state index is -0.954. The lowest BCUT2D eigenvalue weighted by Gasteiger charge is -2.26. The van der Waals surface area contributed by atoms with Crippen molar-refractivity contribution in [3.8, 4) is 0 Å². The lowest BCUT2D eigenvalue weighted by atomic mass is 10.2. The maximum atomic E-state index is 10.0. The molecule has 0 spiro atoms. The van der Waals surface area contributed by atoms with Gasteiger partial charge in [0.25, 0.3) is 0 Å². The van der Waals surface area contributed by atoms with E-state index in [0.29, 0.717) is 19.8 Å². The number of aliphatic hydroxyl groups excluding tert-OH is 5. The molecule has 0 radical (unpaired) electrons. The molecule has 2 aliphatic rings. The van der Waals surface area contributed by atoms with E-state index < -0.39 is 12.2 Å². The number of hydrogen-bond acceptors (Lipinski definition) is 10. The molecule has 2 fully saturated rings. The lowest BCUT2D eigenvalue weighted by Crippen LogP contribution is -2.30. The van der Waals surface area contributed by atoms with E-state index in [2.05, 4.69) is 0 Å². The molecule has 5 rings (SSSR count). The summed E-state index contributed by atoms with van der Waals surface area (Å²) in [7, 11) is 0. The first kappa shape index (κ1) is 33.2. The summed E-state index contributed by atoms with van der Waals surface area (Å²) in [5.41, 5.74) is 2.72. The molecule has 0 aliphatic carbocycles. The van der Waals surface area contributed by atoms with Crippen LogP contribution in [0.2, 0.25) is 0 Å². The van der Waals surface area contributed by atoms with Crippen molar-refractivity contribution < 1.29 is 49.3 Å². The number of carbonyl (C=O) groups excluding carboxylic acids is 1. The Hall–Kier alpha value is -3.03. The van der Waals surface area contributed by atoms with Gasteiger partial charge >= 0.3 is 0 Å². The van der Waals surface area contributed by atoms with Crippen molar-refractivity contribution in [1.29, 1.82) is 0 Å². The van der Waals surface area contributed by atoms with Crippen LogP contribution >= 0.6 is 0 Å². The molecule has 10 nitrogen and oxygen atoms in total. The maximum absolute atomic E-state index is 10.0. The molecule has 0 amide bonds. The van der Waals surface area contributed by atoms with E-state index in [4.69, 9.17) is 44.5 Å². The molecular formula is C30H38O10. The lowest BCUT2D eigenvalue weighted by molar-refractivity contribution is -0.220. The van der Waals surface area contributed by atoms with Gasteiger partial charge < -0.3 is 44.5 Å². The first-order valence-corrected chi connectivity index (χ1v) is 12.8. The summed E-state index contributed by atoms with van der Waals surface area (Å²) in [5, 5.41) is 42.0. The van der Waals surface area contributed by atoms with Crippen LogP contribution in [0.25, 0.3) is 0 Å². The quantitative estimate of drug-likeness (QED) is 0.284. The van der Waals surface area contributed by atoms with E-state index in [0.717, 1.165) is 23.0 Å². The molecule has 2 unspecified atom stereocenters. The third-order valence-corrected chi connectivity index (χ3v) is 5.33. The normalized spacial score (nSPS) is 21.6. The number of rotatable bonds is 6. The molecular weight excluding hydrogens is 520 g/mol. The van der Waals surface area contributed by atoms with Gasteiger partial charge in [-0.3, -0.25) is 4.79 Å². The second kappa shape index (κ2) is 19.9. The van der Waals surface area contributed by atoms with Crippen molar-refractivity contribution in [2.75, 3.05) is 39.6 Å². The van der Waals surface area contributed by atoms with Gasteiger partial charge in [-0.1, -0.05) is 91.0 Å². The summed E-state index contributed by atoms with van der Waals surface area (Å²) in [6.45, 7) is 0.450. The highest BCUT2D eigenvalue weighted by Crippen LogP contribution is 2.26. The molecule has 0 aromatic heterocycles. The van der Waals surface area contributed by atoms with Gasteiger partial charge in [0.05, 0.1) is 39.6 Å². The van der Waals surface area contributed by atoms with Crippen molar-refractivity contribution in [3.63, 3.8) is 0 Å². The number of ether oxygens (including phenoxy) is 4. The number of aldehydes is 1. The van der Waals surface area contributed by atoms with E-state index in [-0.39, 0.29) is 38.5 Å². The standard InChI is InChI=1S/2C10H12O3.C7H6O.C3H8O3/c11-9-6-12-10(13-7-9)8-4-2-1-3-5-8;11-6-9-7-12-10(13-9)8-4-2-1-3-5-8;8-6-7-4-2-1-3-5-7;4-1-3(6)2-5/h2*1-5,9-11H,6-7H2;1-6H;3-6H,1-2H2. The van der Waals surface area contributed by atoms with Gasteiger partial charge in [0.2, 0.25) is 0 Å². The van der Waals surface area contributed by atoms with Crippen LogP contribution in [0.4, 0.5) is 0 Å². The Kier molecular flexibility index (Phi) is 16.5. The maximum Gasteiger partial charge on any atom is 0.184 e. The Morgan fingerprint density at radius 1 is 0.700 bits per heavy atom. The van der Waals surface area contributed by atoms with Crippen LogP contribution in [0.3, 0.4) is 0 Å². The average Bonchev–Trinajstić information content (AvgIpc) is 3.53. The van der Waals surface area contributed by atoms with Gasteiger partial charge in [-0.15, -0.1) is 0 Å². The fourth-order valence-electron chi connectivity index (χ4n) is 3.21. The molecule has 3 aromatic rings. The van der Waals surface area contributed by atoms with Gasteiger partial charge in [-0.05, 0) is 0 Å². The zero-order valence-corrected chi connectivity index (χ0v) is 22.1. The SMILES string of the molecule is O=Cc1ccccc1.OC1COC(c2ccccc2)OC1.OCC(O)CO.OCC1COC(c2ccccc2)O1. The fourth-order valence-corrected chi connectivity index (χ4v) is 3.21. The third kappa shape index (κ3) is 12.9. The summed E-state index contributed by atoms with van der Waals surface area (Å²) < 4.78 is 21.4. The van der Waals surface area contributed by atoms with E-state index in [9.17, 15) is 4.79 Å². The molecule has 0 saturated carbocycles. The molecule has 5 N–H and O–H groups in total. The highest BCUT2D eigenvalue weighted by molar-refractivity contribution is 5.74. The first-order chi connectivity index (χ1) is 19.5. The van der Waals surface area contributed by atoms with E-state index in [1.807, 2.05) is 78.9 Å². The molecule has 2 atom stereocenters. The fraction of sp³-hybridized carbons (Fsp3) is 0.367. The van der Waals surface area contributed by atoms with Crippen LogP contribution in [0, 0.1) is 0 Å². The van der Waals surface area contributed by atoms with Gasteiger partial charge in [-0.2, -0.15) is 0 Å². The molecule has 218 valence electrons. The van der Waals surface area contributed by atoms with Gasteiger partial charge in [-0.25, -0.2) is 0 Å². The average molecular weight is 559 g/mol. The first-order valence-electron chi connectivity index (χ1n) is 12.8. The number of benzene rings is 3. The van der Waals surface area contributed by atoms with Crippen LogP contribution in [-0.4, -0.2) is 89.8 Å². The molecule has 10 heteroatoms. The Morgan fingerprint density at radius 3 is 1.52 bits per heavy atom. The van der Waals surface area contributed by atoms with Gasteiger partial charge in [0.1, 0.15) is 24.6 Å². The van der Waals surface area contributed by atoms with Crippen LogP contribution in [0.5, 0.6) is 0 Å². The largest absolute Gasteiger partial charge is 0.394 e. The molecule has 2 heterocycles. The summed E-state index contributed by atoms with van der Waals surface area (Å²) >= 11 is 0. The zero-order chi connectivity index (χ0) is 29.0. The summed E-state index contributed by atoms with van der Waals surface area (Å²) in [6.07, 6.45) is -1.40. The Bertz CT molecular complexity index is 973. The molecule has 2 saturated heterocycles. The van der Waals surface area contributed by atoms with Crippen molar-refractivity contribution in [2.45, 2.75) is 30.9 Å².